The number of benzene rings is 2. The van der Waals surface area contributed by atoms with E-state index in [0.717, 1.165) is 51.5 Å². The van der Waals surface area contributed by atoms with Crippen LogP contribution >= 0.6 is 0 Å². The Morgan fingerprint density at radius 2 is 1.69 bits per heavy atom. The lowest BCUT2D eigenvalue weighted by atomic mass is 10.0. The number of aryl methyl sites for hydroxylation is 1. The van der Waals surface area contributed by atoms with Crippen molar-refractivity contribution in [1.82, 2.24) is 34.9 Å². The van der Waals surface area contributed by atoms with Gasteiger partial charge < -0.3 is 4.90 Å². The Labute approximate surface area is 209 Å². The molecule has 0 saturated carbocycles. The van der Waals surface area contributed by atoms with Gasteiger partial charge in [0, 0.05) is 45.3 Å². The minimum Gasteiger partial charge on any atom is -0.303 e. The van der Waals surface area contributed by atoms with Crippen LogP contribution in [0.4, 0.5) is 0 Å². The average molecular weight is 472 g/mol. The lowest BCUT2D eigenvalue weighted by molar-refractivity contribution is 0.112. The summed E-state index contributed by atoms with van der Waals surface area (Å²) >= 11 is 0. The molecule has 0 amide bonds. The first-order chi connectivity index (χ1) is 17.3. The van der Waals surface area contributed by atoms with E-state index >= 15 is 0 Å². The van der Waals surface area contributed by atoms with Crippen molar-refractivity contribution in [2.24, 2.45) is 0 Å². The Hall–Kier alpha value is -2.87. The Bertz CT molecular complexity index is 1060. The highest BCUT2D eigenvalue weighted by molar-refractivity contribution is 5.48. The standard InChI is InChI=1S/C28H37N7/c1-32-17-9-15-26(32)16-19-35-28(29-30-31-35)27(25-13-6-3-7-14-25)34-22-20-33(21-23-34)18-8-12-24-10-4-2-5-11-24/h2-8,10-14,26-27H,9,15-23H2,1H3/t26?,27-/m1/s1. The van der Waals surface area contributed by atoms with Crippen LogP contribution in [-0.2, 0) is 6.54 Å². The van der Waals surface area contributed by atoms with Gasteiger partial charge in [0.1, 0.15) is 0 Å². The summed E-state index contributed by atoms with van der Waals surface area (Å²) in [5, 5.41) is 13.1. The van der Waals surface area contributed by atoms with Crippen molar-refractivity contribution in [1.29, 1.82) is 0 Å². The fourth-order valence-electron chi connectivity index (χ4n) is 5.45. The predicted molar refractivity (Wildman–Crippen MR) is 140 cm³/mol. The van der Waals surface area contributed by atoms with Crippen LogP contribution in [0.1, 0.15) is 42.3 Å². The highest BCUT2D eigenvalue weighted by Gasteiger charge is 2.31. The average Bonchev–Trinajstić information content (AvgIpc) is 3.54. The quantitative estimate of drug-likeness (QED) is 0.476. The third-order valence-electron chi connectivity index (χ3n) is 7.51. The van der Waals surface area contributed by atoms with Crippen molar-refractivity contribution in [2.75, 3.05) is 46.3 Å². The molecule has 1 aromatic heterocycles. The molecule has 5 rings (SSSR count). The topological polar surface area (TPSA) is 53.3 Å². The molecule has 0 N–H and O–H groups in total. The molecule has 35 heavy (non-hydrogen) atoms. The van der Waals surface area contributed by atoms with Gasteiger partial charge in [-0.2, -0.15) is 0 Å². The molecule has 0 bridgehead atoms. The maximum atomic E-state index is 4.56. The Morgan fingerprint density at radius 3 is 2.40 bits per heavy atom. The molecule has 3 heterocycles. The minimum absolute atomic E-state index is 0.0783. The smallest absolute Gasteiger partial charge is 0.173 e. The lowest BCUT2D eigenvalue weighted by Gasteiger charge is -2.38. The van der Waals surface area contributed by atoms with E-state index in [0.29, 0.717) is 6.04 Å². The fraction of sp³-hybridized carbons (Fsp3) is 0.464. The molecule has 1 unspecified atom stereocenters. The van der Waals surface area contributed by atoms with Crippen molar-refractivity contribution in [2.45, 2.75) is 37.9 Å². The molecule has 2 fully saturated rings. The summed E-state index contributed by atoms with van der Waals surface area (Å²) in [6.45, 7) is 7.11. The molecule has 7 heteroatoms. The Balaban J connectivity index is 1.25. The van der Waals surface area contributed by atoms with Gasteiger partial charge in [0.15, 0.2) is 5.82 Å². The van der Waals surface area contributed by atoms with E-state index < -0.39 is 0 Å². The van der Waals surface area contributed by atoms with E-state index in [9.17, 15) is 0 Å². The summed E-state index contributed by atoms with van der Waals surface area (Å²) in [4.78, 5) is 7.55. The zero-order chi connectivity index (χ0) is 23.9. The molecule has 0 radical (unpaired) electrons. The van der Waals surface area contributed by atoms with E-state index in [-0.39, 0.29) is 6.04 Å². The van der Waals surface area contributed by atoms with Crippen LogP contribution in [0, 0.1) is 0 Å². The maximum Gasteiger partial charge on any atom is 0.173 e. The number of nitrogens with zero attached hydrogens (tertiary/aromatic N) is 7. The van der Waals surface area contributed by atoms with E-state index in [1.807, 2.05) is 0 Å². The number of tetrazole rings is 1. The van der Waals surface area contributed by atoms with Gasteiger partial charge >= 0.3 is 0 Å². The van der Waals surface area contributed by atoms with Gasteiger partial charge in [0.05, 0.1) is 6.04 Å². The van der Waals surface area contributed by atoms with Crippen LogP contribution in [-0.4, -0.2) is 87.3 Å². The minimum atomic E-state index is 0.0783. The number of aromatic nitrogens is 4. The van der Waals surface area contributed by atoms with Gasteiger partial charge in [-0.15, -0.1) is 5.10 Å². The second kappa shape index (κ2) is 11.7. The molecular formula is C28H37N7. The molecule has 184 valence electrons. The summed E-state index contributed by atoms with van der Waals surface area (Å²) in [5.74, 6) is 0.967. The molecule has 3 aromatic rings. The lowest BCUT2D eigenvalue weighted by Crippen LogP contribution is -2.48. The molecule has 0 spiro atoms. The SMILES string of the molecule is CN1CCCC1CCn1nnnc1[C@@H](c1ccccc1)N1CCN(CC=Cc2ccccc2)CC1. The van der Waals surface area contributed by atoms with Crippen molar-refractivity contribution in [3.8, 4) is 0 Å². The van der Waals surface area contributed by atoms with E-state index in [2.05, 4.69) is 115 Å². The van der Waals surface area contributed by atoms with Crippen molar-refractivity contribution < 1.29 is 0 Å². The number of piperazine rings is 1. The zero-order valence-electron chi connectivity index (χ0n) is 20.8. The first-order valence-corrected chi connectivity index (χ1v) is 13.0. The van der Waals surface area contributed by atoms with Crippen LogP contribution in [0.2, 0.25) is 0 Å². The van der Waals surface area contributed by atoms with Gasteiger partial charge in [-0.3, -0.25) is 9.80 Å². The Morgan fingerprint density at radius 1 is 0.943 bits per heavy atom. The summed E-state index contributed by atoms with van der Waals surface area (Å²) in [5.41, 5.74) is 2.52. The van der Waals surface area contributed by atoms with Crippen LogP contribution in [0.25, 0.3) is 6.08 Å². The molecule has 2 aliphatic heterocycles. The van der Waals surface area contributed by atoms with Crippen LogP contribution in [0.5, 0.6) is 0 Å². The summed E-state index contributed by atoms with van der Waals surface area (Å²) in [7, 11) is 2.24. The van der Waals surface area contributed by atoms with Crippen LogP contribution in [0.15, 0.2) is 66.7 Å². The van der Waals surface area contributed by atoms with Gasteiger partial charge in [-0.05, 0) is 54.4 Å². The molecule has 2 saturated heterocycles. The molecule has 2 aliphatic rings. The third-order valence-corrected chi connectivity index (χ3v) is 7.51. The van der Waals surface area contributed by atoms with Crippen molar-refractivity contribution in [3.63, 3.8) is 0 Å². The van der Waals surface area contributed by atoms with Gasteiger partial charge in [0.25, 0.3) is 0 Å². The van der Waals surface area contributed by atoms with Gasteiger partial charge in [-0.25, -0.2) is 4.68 Å². The highest BCUT2D eigenvalue weighted by Crippen LogP contribution is 2.28. The maximum absolute atomic E-state index is 4.56. The predicted octanol–water partition coefficient (Wildman–Crippen LogP) is 3.58. The van der Waals surface area contributed by atoms with E-state index in [4.69, 9.17) is 0 Å². The van der Waals surface area contributed by atoms with Gasteiger partial charge in [-0.1, -0.05) is 72.8 Å². The molecule has 2 atom stereocenters. The zero-order valence-corrected chi connectivity index (χ0v) is 20.8. The number of hydrogen-bond donors (Lipinski definition) is 0. The summed E-state index contributed by atoms with van der Waals surface area (Å²) in [6, 6.07) is 22.0. The van der Waals surface area contributed by atoms with E-state index in [1.165, 1.54) is 30.5 Å². The molecule has 0 aliphatic carbocycles. The highest BCUT2D eigenvalue weighted by atomic mass is 15.6. The second-order valence-corrected chi connectivity index (χ2v) is 9.79. The van der Waals surface area contributed by atoms with Gasteiger partial charge in [0.2, 0.25) is 0 Å². The fourth-order valence-corrected chi connectivity index (χ4v) is 5.45. The van der Waals surface area contributed by atoms with Crippen molar-refractivity contribution >= 4 is 6.08 Å². The Kier molecular flexibility index (Phi) is 7.98. The number of likely N-dealkylation sites (tertiary alicyclic amines) is 1. The first-order valence-electron chi connectivity index (χ1n) is 13.0. The number of rotatable bonds is 9. The second-order valence-electron chi connectivity index (χ2n) is 9.79. The molecule has 2 aromatic carbocycles. The van der Waals surface area contributed by atoms with Crippen LogP contribution < -0.4 is 0 Å². The van der Waals surface area contributed by atoms with E-state index in [1.54, 1.807) is 0 Å². The summed E-state index contributed by atoms with van der Waals surface area (Å²) < 4.78 is 2.05. The third kappa shape index (κ3) is 6.04. The first kappa shape index (κ1) is 23.9. The monoisotopic (exact) mass is 471 g/mol. The molecular weight excluding hydrogens is 434 g/mol. The largest absolute Gasteiger partial charge is 0.303 e. The number of hydrogen-bond acceptors (Lipinski definition) is 6. The molecule has 7 nitrogen and oxygen atoms in total. The van der Waals surface area contributed by atoms with Crippen LogP contribution in [0.3, 0.4) is 0 Å². The normalized spacial score (nSPS) is 21.1. The van der Waals surface area contributed by atoms with Crippen molar-refractivity contribution in [3.05, 3.63) is 83.7 Å². The summed E-state index contributed by atoms with van der Waals surface area (Å²) in [6.07, 6.45) is 8.16.